The Bertz CT molecular complexity index is 379. The molecule has 0 aromatic carbocycles. The van der Waals surface area contributed by atoms with Gasteiger partial charge in [-0.15, -0.1) is 0 Å². The Hall–Kier alpha value is -1.52. The van der Waals surface area contributed by atoms with Gasteiger partial charge in [0.1, 0.15) is 11.4 Å². The van der Waals surface area contributed by atoms with Crippen LogP contribution in [0.25, 0.3) is 0 Å². The normalized spacial score (nSPS) is 18.6. The summed E-state index contributed by atoms with van der Waals surface area (Å²) in [5.74, 6) is 0.188. The van der Waals surface area contributed by atoms with E-state index in [0.29, 0.717) is 11.4 Å². The van der Waals surface area contributed by atoms with Crippen LogP contribution in [0.3, 0.4) is 0 Å². The maximum Gasteiger partial charge on any atom is 0.256 e. The van der Waals surface area contributed by atoms with E-state index in [1.54, 1.807) is 0 Å². The summed E-state index contributed by atoms with van der Waals surface area (Å²) in [4.78, 5) is 11.8. The van der Waals surface area contributed by atoms with Gasteiger partial charge in [0.15, 0.2) is 0 Å². The average molecular weight is 222 g/mol. The van der Waals surface area contributed by atoms with Crippen molar-refractivity contribution in [3.63, 3.8) is 0 Å². The van der Waals surface area contributed by atoms with E-state index in [9.17, 15) is 4.79 Å². The first-order valence-corrected chi connectivity index (χ1v) is 5.68. The first kappa shape index (κ1) is 11.0. The molecular weight excluding hydrogens is 204 g/mol. The van der Waals surface area contributed by atoms with E-state index >= 15 is 0 Å². The Labute approximate surface area is 94.8 Å². The van der Waals surface area contributed by atoms with Crippen LogP contribution < -0.4 is 11.1 Å². The number of hydrogen-bond donors (Lipinski definition) is 3. The number of nitrogens with two attached hydrogens (primary N) is 1. The molecule has 1 aliphatic rings. The lowest BCUT2D eigenvalue weighted by atomic mass is 9.89. The van der Waals surface area contributed by atoms with Crippen molar-refractivity contribution in [3.05, 3.63) is 11.8 Å². The number of amides is 1. The zero-order valence-electron chi connectivity index (χ0n) is 9.55. The first-order valence-electron chi connectivity index (χ1n) is 5.68. The van der Waals surface area contributed by atoms with Crippen LogP contribution in [0.2, 0.25) is 0 Å². The predicted octanol–water partition coefficient (Wildman–Crippen LogP) is 1.30. The Kier molecular flexibility index (Phi) is 2.85. The summed E-state index contributed by atoms with van der Waals surface area (Å²) >= 11 is 0. The second kappa shape index (κ2) is 4.15. The topological polar surface area (TPSA) is 83.8 Å². The maximum atomic E-state index is 11.8. The molecule has 1 amide bonds. The summed E-state index contributed by atoms with van der Waals surface area (Å²) in [7, 11) is 0. The quantitative estimate of drug-likeness (QED) is 0.720. The van der Waals surface area contributed by atoms with Crippen LogP contribution in [0.4, 0.5) is 5.82 Å². The zero-order chi connectivity index (χ0) is 11.6. The first-order chi connectivity index (χ1) is 7.61. The molecule has 0 saturated heterocycles. The third-order valence-corrected chi connectivity index (χ3v) is 3.40. The molecular formula is C11H18N4O. The third kappa shape index (κ3) is 2.18. The minimum absolute atomic E-state index is 0.139. The second-order valence-electron chi connectivity index (χ2n) is 4.90. The van der Waals surface area contributed by atoms with Gasteiger partial charge in [0.05, 0.1) is 6.20 Å². The van der Waals surface area contributed by atoms with Gasteiger partial charge in [-0.1, -0.05) is 19.8 Å². The Morgan fingerprint density at radius 1 is 1.62 bits per heavy atom. The summed E-state index contributed by atoms with van der Waals surface area (Å²) in [6.45, 7) is 2.94. The smallest absolute Gasteiger partial charge is 0.256 e. The van der Waals surface area contributed by atoms with Crippen molar-refractivity contribution < 1.29 is 4.79 Å². The molecule has 1 aromatic rings. The molecule has 1 heterocycles. The summed E-state index contributed by atoms with van der Waals surface area (Å²) in [6, 6.07) is 0. The summed E-state index contributed by atoms with van der Waals surface area (Å²) in [5.41, 5.74) is 6.27. The number of carbonyl (C=O) groups excluding carboxylic acids is 1. The van der Waals surface area contributed by atoms with E-state index in [-0.39, 0.29) is 11.3 Å². The molecule has 5 heteroatoms. The average Bonchev–Trinajstić information content (AvgIpc) is 2.85. The van der Waals surface area contributed by atoms with Gasteiger partial charge in [-0.25, -0.2) is 0 Å². The van der Waals surface area contributed by atoms with E-state index in [1.165, 1.54) is 31.9 Å². The molecule has 88 valence electrons. The molecule has 16 heavy (non-hydrogen) atoms. The van der Waals surface area contributed by atoms with Crippen molar-refractivity contribution >= 4 is 11.7 Å². The van der Waals surface area contributed by atoms with Crippen LogP contribution in [-0.4, -0.2) is 22.6 Å². The maximum absolute atomic E-state index is 11.8. The minimum Gasteiger partial charge on any atom is -0.383 e. The fourth-order valence-corrected chi connectivity index (χ4v) is 2.27. The fourth-order valence-electron chi connectivity index (χ4n) is 2.27. The van der Waals surface area contributed by atoms with Crippen molar-refractivity contribution in [1.82, 2.24) is 15.5 Å². The van der Waals surface area contributed by atoms with Crippen molar-refractivity contribution in [2.24, 2.45) is 5.41 Å². The van der Waals surface area contributed by atoms with E-state index in [2.05, 4.69) is 22.4 Å². The van der Waals surface area contributed by atoms with Gasteiger partial charge in [0.25, 0.3) is 5.91 Å². The lowest BCUT2D eigenvalue weighted by molar-refractivity contribution is 0.0935. The van der Waals surface area contributed by atoms with E-state index in [0.717, 1.165) is 6.54 Å². The molecule has 1 fully saturated rings. The molecule has 0 atom stereocenters. The number of rotatable bonds is 3. The van der Waals surface area contributed by atoms with Crippen LogP contribution in [0, 0.1) is 5.41 Å². The van der Waals surface area contributed by atoms with Crippen LogP contribution in [0.5, 0.6) is 0 Å². The monoisotopic (exact) mass is 222 g/mol. The van der Waals surface area contributed by atoms with E-state index in [4.69, 9.17) is 5.73 Å². The number of aromatic nitrogens is 2. The molecule has 1 saturated carbocycles. The van der Waals surface area contributed by atoms with Crippen LogP contribution in [0.15, 0.2) is 6.20 Å². The Morgan fingerprint density at radius 2 is 2.31 bits per heavy atom. The standard InChI is InChI=1S/C11H18N4O/c1-11(4-2-3-5-11)7-13-10(16)8-6-14-15-9(8)12/h6H,2-5,7H2,1H3,(H,13,16)(H3,12,14,15). The number of aromatic amines is 1. The van der Waals surface area contributed by atoms with Crippen LogP contribution in [0.1, 0.15) is 43.0 Å². The van der Waals surface area contributed by atoms with Gasteiger partial charge >= 0.3 is 0 Å². The minimum atomic E-state index is -0.139. The fraction of sp³-hybridized carbons (Fsp3) is 0.636. The lowest BCUT2D eigenvalue weighted by Gasteiger charge is -2.23. The highest BCUT2D eigenvalue weighted by atomic mass is 16.1. The number of carbonyl (C=O) groups is 1. The van der Waals surface area contributed by atoms with Gasteiger partial charge in [-0.05, 0) is 18.3 Å². The van der Waals surface area contributed by atoms with E-state index in [1.807, 2.05) is 0 Å². The molecule has 0 spiro atoms. The zero-order valence-corrected chi connectivity index (χ0v) is 9.55. The molecule has 1 aromatic heterocycles. The third-order valence-electron chi connectivity index (χ3n) is 3.40. The van der Waals surface area contributed by atoms with Gasteiger partial charge in [-0.2, -0.15) is 5.10 Å². The van der Waals surface area contributed by atoms with Crippen molar-refractivity contribution in [2.75, 3.05) is 12.3 Å². The van der Waals surface area contributed by atoms with Gasteiger partial charge < -0.3 is 11.1 Å². The molecule has 5 nitrogen and oxygen atoms in total. The van der Waals surface area contributed by atoms with Gasteiger partial charge in [-0.3, -0.25) is 9.89 Å². The largest absolute Gasteiger partial charge is 0.383 e. The van der Waals surface area contributed by atoms with Crippen molar-refractivity contribution in [1.29, 1.82) is 0 Å². The molecule has 0 bridgehead atoms. The number of nitrogens with one attached hydrogen (secondary N) is 2. The summed E-state index contributed by atoms with van der Waals surface area (Å²) < 4.78 is 0. The summed E-state index contributed by atoms with van der Waals surface area (Å²) in [6.07, 6.45) is 6.37. The summed E-state index contributed by atoms with van der Waals surface area (Å²) in [5, 5.41) is 9.21. The molecule has 2 rings (SSSR count). The number of nitrogens with zero attached hydrogens (tertiary/aromatic N) is 1. The number of anilines is 1. The Balaban J connectivity index is 1.91. The highest BCUT2D eigenvalue weighted by Gasteiger charge is 2.29. The molecule has 1 aliphatic carbocycles. The van der Waals surface area contributed by atoms with Gasteiger partial charge in [0, 0.05) is 6.54 Å². The van der Waals surface area contributed by atoms with Crippen molar-refractivity contribution in [3.8, 4) is 0 Å². The Morgan fingerprint density at radius 3 is 2.88 bits per heavy atom. The lowest BCUT2D eigenvalue weighted by Crippen LogP contribution is -2.34. The molecule has 0 radical (unpaired) electrons. The van der Waals surface area contributed by atoms with Crippen LogP contribution in [-0.2, 0) is 0 Å². The van der Waals surface area contributed by atoms with E-state index < -0.39 is 0 Å². The SMILES string of the molecule is CC1(CNC(=O)c2cn[nH]c2N)CCCC1. The van der Waals surface area contributed by atoms with Gasteiger partial charge in [0.2, 0.25) is 0 Å². The second-order valence-corrected chi connectivity index (χ2v) is 4.90. The number of hydrogen-bond acceptors (Lipinski definition) is 3. The molecule has 4 N–H and O–H groups in total. The predicted molar refractivity (Wildman–Crippen MR) is 61.9 cm³/mol. The van der Waals surface area contributed by atoms with Crippen molar-refractivity contribution in [2.45, 2.75) is 32.6 Å². The number of H-pyrrole nitrogens is 1. The van der Waals surface area contributed by atoms with Crippen LogP contribution >= 0.6 is 0 Å². The molecule has 0 unspecified atom stereocenters. The molecule has 0 aliphatic heterocycles. The number of nitrogen functional groups attached to an aromatic ring is 1. The highest BCUT2D eigenvalue weighted by Crippen LogP contribution is 2.36. The highest BCUT2D eigenvalue weighted by molar-refractivity contribution is 5.98.